The SMILES string of the molecule is CC1(C)OB(c2cncc(Cc3ccccc3)c2)OC1(C)C. The smallest absolute Gasteiger partial charge is 0.399 e. The molecule has 1 aromatic heterocycles. The molecule has 2 aromatic rings. The van der Waals surface area contributed by atoms with Crippen LogP contribution in [0.4, 0.5) is 0 Å². The van der Waals surface area contributed by atoms with E-state index in [1.807, 2.05) is 18.5 Å². The van der Waals surface area contributed by atoms with Crippen molar-refractivity contribution in [2.45, 2.75) is 45.3 Å². The van der Waals surface area contributed by atoms with E-state index in [0.29, 0.717) is 0 Å². The Morgan fingerprint density at radius 3 is 2.18 bits per heavy atom. The average molecular weight is 295 g/mol. The highest BCUT2D eigenvalue weighted by Gasteiger charge is 2.51. The molecular weight excluding hydrogens is 273 g/mol. The summed E-state index contributed by atoms with van der Waals surface area (Å²) in [7, 11) is -0.353. The fourth-order valence-corrected chi connectivity index (χ4v) is 2.54. The second-order valence-electron chi connectivity index (χ2n) is 6.88. The lowest BCUT2D eigenvalue weighted by molar-refractivity contribution is 0.00578. The van der Waals surface area contributed by atoms with Gasteiger partial charge in [0.25, 0.3) is 0 Å². The van der Waals surface area contributed by atoms with E-state index in [4.69, 9.17) is 9.31 Å². The predicted molar refractivity (Wildman–Crippen MR) is 89.2 cm³/mol. The average Bonchev–Trinajstić information content (AvgIpc) is 2.69. The summed E-state index contributed by atoms with van der Waals surface area (Å²) < 4.78 is 12.2. The Hall–Kier alpha value is -1.65. The first-order valence-electron chi connectivity index (χ1n) is 7.71. The Labute approximate surface area is 132 Å². The summed E-state index contributed by atoms with van der Waals surface area (Å²) in [6.45, 7) is 8.25. The molecule has 2 heterocycles. The summed E-state index contributed by atoms with van der Waals surface area (Å²) in [6, 6.07) is 12.5. The lowest BCUT2D eigenvalue weighted by Gasteiger charge is -2.32. The van der Waals surface area contributed by atoms with Gasteiger partial charge < -0.3 is 9.31 Å². The van der Waals surface area contributed by atoms with Crippen LogP contribution < -0.4 is 5.46 Å². The first-order chi connectivity index (χ1) is 10.4. The van der Waals surface area contributed by atoms with E-state index < -0.39 is 0 Å². The second kappa shape index (κ2) is 5.52. The highest BCUT2D eigenvalue weighted by Crippen LogP contribution is 2.36. The van der Waals surface area contributed by atoms with Crippen LogP contribution in [0.1, 0.15) is 38.8 Å². The largest absolute Gasteiger partial charge is 0.496 e. The molecule has 22 heavy (non-hydrogen) atoms. The lowest BCUT2D eigenvalue weighted by atomic mass is 9.79. The second-order valence-corrected chi connectivity index (χ2v) is 6.88. The molecule has 1 aliphatic rings. The van der Waals surface area contributed by atoms with E-state index in [-0.39, 0.29) is 18.3 Å². The van der Waals surface area contributed by atoms with Crippen molar-refractivity contribution < 1.29 is 9.31 Å². The molecule has 0 unspecified atom stereocenters. The van der Waals surface area contributed by atoms with E-state index in [9.17, 15) is 0 Å². The van der Waals surface area contributed by atoms with E-state index in [1.54, 1.807) is 0 Å². The maximum atomic E-state index is 6.09. The molecule has 1 saturated heterocycles. The maximum absolute atomic E-state index is 6.09. The minimum absolute atomic E-state index is 0.326. The van der Waals surface area contributed by atoms with Crippen LogP contribution in [0.3, 0.4) is 0 Å². The fraction of sp³-hybridized carbons (Fsp3) is 0.389. The normalized spacial score (nSPS) is 19.4. The fourth-order valence-electron chi connectivity index (χ4n) is 2.54. The minimum Gasteiger partial charge on any atom is -0.399 e. The minimum atomic E-state index is -0.353. The van der Waals surface area contributed by atoms with Crippen LogP contribution >= 0.6 is 0 Å². The van der Waals surface area contributed by atoms with Gasteiger partial charge in [-0.3, -0.25) is 4.98 Å². The first-order valence-corrected chi connectivity index (χ1v) is 7.71. The molecule has 3 rings (SSSR count). The lowest BCUT2D eigenvalue weighted by Crippen LogP contribution is -2.41. The highest BCUT2D eigenvalue weighted by atomic mass is 16.7. The van der Waals surface area contributed by atoms with E-state index >= 15 is 0 Å². The summed E-state index contributed by atoms with van der Waals surface area (Å²) in [5, 5.41) is 0. The van der Waals surface area contributed by atoms with Crippen LogP contribution in [-0.2, 0) is 15.7 Å². The summed E-state index contributed by atoms with van der Waals surface area (Å²) in [4.78, 5) is 4.36. The van der Waals surface area contributed by atoms with Crippen LogP contribution in [0.25, 0.3) is 0 Å². The Morgan fingerprint density at radius 2 is 1.55 bits per heavy atom. The van der Waals surface area contributed by atoms with Crippen molar-refractivity contribution in [1.29, 1.82) is 0 Å². The van der Waals surface area contributed by atoms with Gasteiger partial charge in [-0.05, 0) is 45.2 Å². The molecule has 0 spiro atoms. The summed E-state index contributed by atoms with van der Waals surface area (Å²) >= 11 is 0. The number of nitrogens with zero attached hydrogens (tertiary/aromatic N) is 1. The Bertz CT molecular complexity index is 639. The number of hydrogen-bond acceptors (Lipinski definition) is 3. The van der Waals surface area contributed by atoms with Gasteiger partial charge in [0, 0.05) is 17.9 Å². The van der Waals surface area contributed by atoms with Crippen molar-refractivity contribution in [2.75, 3.05) is 0 Å². The van der Waals surface area contributed by atoms with Gasteiger partial charge in [-0.1, -0.05) is 36.4 Å². The summed E-state index contributed by atoms with van der Waals surface area (Å²) in [6.07, 6.45) is 4.60. The third-order valence-electron chi connectivity index (χ3n) is 4.59. The molecule has 114 valence electrons. The molecule has 4 heteroatoms. The highest BCUT2D eigenvalue weighted by molar-refractivity contribution is 6.62. The molecule has 0 aliphatic carbocycles. The first kappa shape index (κ1) is 15.3. The molecule has 0 atom stereocenters. The van der Waals surface area contributed by atoms with Crippen molar-refractivity contribution in [1.82, 2.24) is 4.98 Å². The van der Waals surface area contributed by atoms with Gasteiger partial charge in [0.05, 0.1) is 11.2 Å². The zero-order chi connectivity index (χ0) is 15.8. The molecule has 0 radical (unpaired) electrons. The van der Waals surface area contributed by atoms with E-state index in [1.165, 1.54) is 11.1 Å². The molecule has 0 N–H and O–H groups in total. The molecule has 0 saturated carbocycles. The van der Waals surface area contributed by atoms with Crippen molar-refractivity contribution in [3.63, 3.8) is 0 Å². The van der Waals surface area contributed by atoms with E-state index in [2.05, 4.69) is 63.0 Å². The van der Waals surface area contributed by atoms with Crippen molar-refractivity contribution in [3.05, 3.63) is 59.9 Å². The van der Waals surface area contributed by atoms with E-state index in [0.717, 1.165) is 11.9 Å². The van der Waals surface area contributed by atoms with Crippen molar-refractivity contribution >= 4 is 12.6 Å². The van der Waals surface area contributed by atoms with Gasteiger partial charge in [0.2, 0.25) is 0 Å². The van der Waals surface area contributed by atoms with Crippen LogP contribution in [-0.4, -0.2) is 23.3 Å². The van der Waals surface area contributed by atoms with Gasteiger partial charge in [0.1, 0.15) is 0 Å². The van der Waals surface area contributed by atoms with Crippen LogP contribution in [0.2, 0.25) is 0 Å². The molecular formula is C18H22BNO2. The number of rotatable bonds is 3. The van der Waals surface area contributed by atoms with Crippen LogP contribution in [0.15, 0.2) is 48.8 Å². The summed E-state index contributed by atoms with van der Waals surface area (Å²) in [5.41, 5.74) is 2.76. The van der Waals surface area contributed by atoms with Crippen molar-refractivity contribution in [3.8, 4) is 0 Å². The third kappa shape index (κ3) is 2.94. The zero-order valence-electron chi connectivity index (χ0n) is 13.7. The molecule has 1 fully saturated rings. The molecule has 0 amide bonds. The number of aromatic nitrogens is 1. The standard InChI is InChI=1S/C18H22BNO2/c1-17(2)18(3,4)22-19(21-17)16-11-15(12-20-13-16)10-14-8-6-5-7-9-14/h5-9,11-13H,10H2,1-4H3. The Kier molecular flexibility index (Phi) is 3.83. The number of hydrogen-bond donors (Lipinski definition) is 0. The molecule has 1 aromatic carbocycles. The van der Waals surface area contributed by atoms with Gasteiger partial charge in [-0.2, -0.15) is 0 Å². The van der Waals surface area contributed by atoms with Gasteiger partial charge in [-0.15, -0.1) is 0 Å². The monoisotopic (exact) mass is 295 g/mol. The van der Waals surface area contributed by atoms with Gasteiger partial charge in [-0.25, -0.2) is 0 Å². The quantitative estimate of drug-likeness (QED) is 0.816. The van der Waals surface area contributed by atoms with Gasteiger partial charge in [0.15, 0.2) is 0 Å². The number of pyridine rings is 1. The molecule has 0 bridgehead atoms. The molecule has 1 aliphatic heterocycles. The zero-order valence-corrected chi connectivity index (χ0v) is 13.7. The summed E-state index contributed by atoms with van der Waals surface area (Å²) in [5.74, 6) is 0. The molecule has 3 nitrogen and oxygen atoms in total. The Morgan fingerprint density at radius 1 is 0.909 bits per heavy atom. The van der Waals surface area contributed by atoms with Crippen LogP contribution in [0.5, 0.6) is 0 Å². The predicted octanol–water partition coefficient (Wildman–Crippen LogP) is 2.97. The third-order valence-corrected chi connectivity index (χ3v) is 4.59. The maximum Gasteiger partial charge on any atom is 0.496 e. The topological polar surface area (TPSA) is 31.4 Å². The number of benzene rings is 1. The van der Waals surface area contributed by atoms with Crippen LogP contribution in [0, 0.1) is 0 Å². The van der Waals surface area contributed by atoms with Gasteiger partial charge >= 0.3 is 7.12 Å². The van der Waals surface area contributed by atoms with Crippen molar-refractivity contribution in [2.24, 2.45) is 0 Å². The Balaban J connectivity index is 1.81.